The molecule has 0 unspecified atom stereocenters. The normalized spacial score (nSPS) is 27.8. The van der Waals surface area contributed by atoms with Gasteiger partial charge in [0.25, 0.3) is 0 Å². The van der Waals surface area contributed by atoms with Crippen LogP contribution in [0.3, 0.4) is 0 Å². The second-order valence-electron chi connectivity index (χ2n) is 8.95. The lowest BCUT2D eigenvalue weighted by atomic mass is 9.74. The Hall–Kier alpha value is -1.76. The van der Waals surface area contributed by atoms with Crippen LogP contribution in [0.15, 0.2) is 24.3 Å². The molecule has 0 saturated heterocycles. The van der Waals surface area contributed by atoms with E-state index >= 15 is 0 Å². The molecule has 2 aliphatic rings. The summed E-state index contributed by atoms with van der Waals surface area (Å²) in [4.78, 5) is 0. The van der Waals surface area contributed by atoms with Gasteiger partial charge in [0.1, 0.15) is 23.3 Å². The van der Waals surface area contributed by atoms with Crippen LogP contribution in [0.2, 0.25) is 0 Å². The first-order valence-electron chi connectivity index (χ1n) is 11.2. The van der Waals surface area contributed by atoms with Crippen molar-refractivity contribution in [3.8, 4) is 6.07 Å². The molecule has 29 heavy (non-hydrogen) atoms. The molecule has 3 rings (SSSR count). The molecule has 0 N–H and O–H groups in total. The fourth-order valence-corrected chi connectivity index (χ4v) is 5.21. The maximum Gasteiger partial charge on any atom is 0.144 e. The molecular formula is C25H32F3N. The number of alkyl halides is 1. The molecule has 0 heterocycles. The van der Waals surface area contributed by atoms with E-state index in [-0.39, 0.29) is 12.6 Å². The summed E-state index contributed by atoms with van der Waals surface area (Å²) >= 11 is 0. The van der Waals surface area contributed by atoms with Gasteiger partial charge >= 0.3 is 0 Å². The van der Waals surface area contributed by atoms with Crippen LogP contribution in [0.5, 0.6) is 0 Å². The summed E-state index contributed by atoms with van der Waals surface area (Å²) in [6, 6.07) is 4.30. The monoisotopic (exact) mass is 403 g/mol. The van der Waals surface area contributed by atoms with E-state index in [1.165, 1.54) is 50.7 Å². The lowest BCUT2D eigenvalue weighted by molar-refractivity contribution is 0.246. The number of halogens is 3. The van der Waals surface area contributed by atoms with Crippen LogP contribution in [-0.2, 0) is 0 Å². The van der Waals surface area contributed by atoms with Crippen molar-refractivity contribution in [2.45, 2.75) is 76.5 Å². The number of allylic oxidation sites excluding steroid dienone is 2. The Bertz CT molecular complexity index is 697. The number of nitrogens with zero attached hydrogens (tertiary/aromatic N) is 1. The molecule has 2 fully saturated rings. The van der Waals surface area contributed by atoms with E-state index in [1.54, 1.807) is 6.07 Å². The fraction of sp³-hybridized carbons (Fsp3) is 0.640. The van der Waals surface area contributed by atoms with Crippen LogP contribution >= 0.6 is 0 Å². The predicted octanol–water partition coefficient (Wildman–Crippen LogP) is 7.61. The standard InChI is InChI=1S/C25H32F3N/c26-14-2-1-3-18-4-6-19(7-5-18)8-9-20-10-12-21(13-11-20)22-15-24(27)23(17-29)25(28)16-22/h1,3,15-16,18-21H,2,4-14H2. The third kappa shape index (κ3) is 6.11. The van der Waals surface area contributed by atoms with Gasteiger partial charge in [-0.15, -0.1) is 0 Å². The fourth-order valence-electron chi connectivity index (χ4n) is 5.21. The van der Waals surface area contributed by atoms with Crippen molar-refractivity contribution in [2.75, 3.05) is 6.67 Å². The molecule has 0 atom stereocenters. The summed E-state index contributed by atoms with van der Waals surface area (Å²) in [6.07, 6.45) is 16.5. The van der Waals surface area contributed by atoms with Crippen molar-refractivity contribution in [3.05, 3.63) is 47.0 Å². The van der Waals surface area contributed by atoms with Crippen LogP contribution in [0.4, 0.5) is 13.2 Å². The quantitative estimate of drug-likeness (QED) is 0.430. The Kier molecular flexibility index (Phi) is 8.21. The van der Waals surface area contributed by atoms with Crippen molar-refractivity contribution in [1.29, 1.82) is 5.26 Å². The van der Waals surface area contributed by atoms with Crippen LogP contribution < -0.4 is 0 Å². The van der Waals surface area contributed by atoms with Crippen LogP contribution in [0.1, 0.15) is 87.7 Å². The maximum absolute atomic E-state index is 13.9. The van der Waals surface area contributed by atoms with E-state index in [9.17, 15) is 13.2 Å². The summed E-state index contributed by atoms with van der Waals surface area (Å²) in [7, 11) is 0. The number of benzene rings is 1. The molecule has 0 aliphatic heterocycles. The molecule has 1 aromatic carbocycles. The Labute approximate surface area is 173 Å². The first-order valence-corrected chi connectivity index (χ1v) is 11.2. The second-order valence-corrected chi connectivity index (χ2v) is 8.95. The third-order valence-electron chi connectivity index (χ3n) is 7.05. The zero-order valence-corrected chi connectivity index (χ0v) is 17.2. The average molecular weight is 404 g/mol. The van der Waals surface area contributed by atoms with E-state index in [1.807, 2.05) is 6.08 Å². The van der Waals surface area contributed by atoms with Gasteiger partial charge in [-0.3, -0.25) is 4.39 Å². The molecule has 158 valence electrons. The minimum absolute atomic E-state index is 0.203. The minimum atomic E-state index is -0.736. The van der Waals surface area contributed by atoms with Crippen LogP contribution in [-0.4, -0.2) is 6.67 Å². The highest BCUT2D eigenvalue weighted by atomic mass is 19.1. The van der Waals surface area contributed by atoms with Gasteiger partial charge in [0.05, 0.1) is 6.67 Å². The van der Waals surface area contributed by atoms with Crippen LogP contribution in [0.25, 0.3) is 0 Å². The predicted molar refractivity (Wildman–Crippen MR) is 110 cm³/mol. The molecule has 2 saturated carbocycles. The van der Waals surface area contributed by atoms with Gasteiger partial charge < -0.3 is 0 Å². The van der Waals surface area contributed by atoms with Crippen LogP contribution in [0, 0.1) is 40.7 Å². The highest BCUT2D eigenvalue weighted by Crippen LogP contribution is 2.40. The molecule has 0 bridgehead atoms. The van der Waals surface area contributed by atoms with E-state index < -0.39 is 17.2 Å². The highest BCUT2D eigenvalue weighted by Gasteiger charge is 2.26. The molecular weight excluding hydrogens is 371 g/mol. The Morgan fingerprint density at radius 1 is 0.897 bits per heavy atom. The van der Waals surface area contributed by atoms with Gasteiger partial charge in [0.15, 0.2) is 0 Å². The first kappa shape index (κ1) is 21.9. The van der Waals surface area contributed by atoms with E-state index in [0.717, 1.165) is 37.5 Å². The van der Waals surface area contributed by atoms with E-state index in [4.69, 9.17) is 5.26 Å². The summed E-state index contributed by atoms with van der Waals surface area (Å²) in [6.45, 7) is -0.261. The van der Waals surface area contributed by atoms with Gasteiger partial charge in [0, 0.05) is 0 Å². The molecule has 0 amide bonds. The molecule has 2 aliphatic carbocycles. The summed E-state index contributed by atoms with van der Waals surface area (Å²) < 4.78 is 40.0. The van der Waals surface area contributed by atoms with Gasteiger partial charge in [-0.2, -0.15) is 5.26 Å². The second kappa shape index (κ2) is 10.9. The number of nitriles is 1. The van der Waals surface area contributed by atoms with Gasteiger partial charge in [-0.05, 0) is 99.2 Å². The maximum atomic E-state index is 13.9. The van der Waals surface area contributed by atoms with Crippen molar-refractivity contribution in [1.82, 2.24) is 0 Å². The number of hydrogen-bond acceptors (Lipinski definition) is 1. The summed E-state index contributed by atoms with van der Waals surface area (Å²) in [5, 5.41) is 8.82. The minimum Gasteiger partial charge on any atom is -0.251 e. The molecule has 0 radical (unpaired) electrons. The van der Waals surface area contributed by atoms with Crippen molar-refractivity contribution in [2.24, 2.45) is 17.8 Å². The number of rotatable bonds is 7. The largest absolute Gasteiger partial charge is 0.251 e. The highest BCUT2D eigenvalue weighted by molar-refractivity contribution is 5.36. The number of hydrogen-bond donors (Lipinski definition) is 0. The summed E-state index contributed by atoms with van der Waals surface area (Å²) in [5.41, 5.74) is 0.228. The lowest BCUT2D eigenvalue weighted by Gasteiger charge is -2.31. The Morgan fingerprint density at radius 2 is 1.45 bits per heavy atom. The molecule has 1 aromatic rings. The average Bonchev–Trinajstić information content (AvgIpc) is 2.73. The molecule has 0 spiro atoms. The first-order chi connectivity index (χ1) is 14.1. The zero-order chi connectivity index (χ0) is 20.6. The topological polar surface area (TPSA) is 23.8 Å². The van der Waals surface area contributed by atoms with Gasteiger partial charge in [-0.25, -0.2) is 8.78 Å². The molecule has 0 aromatic heterocycles. The third-order valence-corrected chi connectivity index (χ3v) is 7.05. The molecule has 1 nitrogen and oxygen atoms in total. The van der Waals surface area contributed by atoms with E-state index in [2.05, 4.69) is 6.08 Å². The van der Waals surface area contributed by atoms with E-state index in [0.29, 0.717) is 17.9 Å². The Balaban J connectivity index is 1.39. The zero-order valence-electron chi connectivity index (χ0n) is 17.2. The summed E-state index contributed by atoms with van der Waals surface area (Å²) in [5.74, 6) is 0.914. The Morgan fingerprint density at radius 3 is 1.97 bits per heavy atom. The lowest BCUT2D eigenvalue weighted by Crippen LogP contribution is -2.17. The van der Waals surface area contributed by atoms with Gasteiger partial charge in [-0.1, -0.05) is 25.0 Å². The van der Waals surface area contributed by atoms with Crippen molar-refractivity contribution in [3.63, 3.8) is 0 Å². The molecule has 4 heteroatoms. The van der Waals surface area contributed by atoms with Gasteiger partial charge in [0.2, 0.25) is 0 Å². The smallest absolute Gasteiger partial charge is 0.144 e. The SMILES string of the molecule is N#Cc1c(F)cc(C2CCC(CCC3CCC(C=CCCF)CC3)CC2)cc1F. The van der Waals surface area contributed by atoms with Crippen molar-refractivity contribution < 1.29 is 13.2 Å². The van der Waals surface area contributed by atoms with Crippen molar-refractivity contribution >= 4 is 0 Å².